The van der Waals surface area contributed by atoms with Gasteiger partial charge >= 0.3 is 0 Å². The Morgan fingerprint density at radius 2 is 2.00 bits per heavy atom. The SMILES string of the molecule is CCc1ccccc1N1C[C@H](c2nnc(NC(=O)c3ccc(OC)cc3OC)s2)CC1=O. The topological polar surface area (TPSA) is 93.7 Å². The van der Waals surface area contributed by atoms with Gasteiger partial charge in [-0.1, -0.05) is 36.5 Å². The number of rotatable bonds is 7. The van der Waals surface area contributed by atoms with Crippen molar-refractivity contribution < 1.29 is 19.1 Å². The fourth-order valence-corrected chi connectivity index (χ4v) is 4.61. The second-order valence-electron chi connectivity index (χ2n) is 7.35. The highest BCUT2D eigenvalue weighted by atomic mass is 32.1. The Balaban J connectivity index is 1.48. The van der Waals surface area contributed by atoms with Crippen LogP contribution in [0.25, 0.3) is 0 Å². The minimum absolute atomic E-state index is 0.0638. The number of para-hydroxylation sites is 1. The molecule has 32 heavy (non-hydrogen) atoms. The maximum atomic E-state index is 12.7. The molecule has 166 valence electrons. The summed E-state index contributed by atoms with van der Waals surface area (Å²) in [5, 5.41) is 12.2. The lowest BCUT2D eigenvalue weighted by Gasteiger charge is -2.19. The van der Waals surface area contributed by atoms with E-state index < -0.39 is 0 Å². The van der Waals surface area contributed by atoms with Crippen molar-refractivity contribution >= 4 is 34.0 Å². The molecule has 0 unspecified atom stereocenters. The van der Waals surface area contributed by atoms with Gasteiger partial charge in [0, 0.05) is 30.6 Å². The van der Waals surface area contributed by atoms with Gasteiger partial charge in [-0.25, -0.2) is 0 Å². The van der Waals surface area contributed by atoms with Crippen LogP contribution < -0.4 is 19.7 Å². The van der Waals surface area contributed by atoms with Crippen LogP contribution in [-0.2, 0) is 11.2 Å². The van der Waals surface area contributed by atoms with Gasteiger partial charge in [0.05, 0.1) is 19.8 Å². The van der Waals surface area contributed by atoms with Crippen LogP contribution in [0.3, 0.4) is 0 Å². The van der Waals surface area contributed by atoms with E-state index in [2.05, 4.69) is 22.4 Å². The normalized spacial score (nSPS) is 15.7. The molecule has 1 aromatic heterocycles. The molecule has 0 bridgehead atoms. The summed E-state index contributed by atoms with van der Waals surface area (Å²) in [5.74, 6) is 0.647. The van der Waals surface area contributed by atoms with E-state index in [0.29, 0.717) is 35.2 Å². The Morgan fingerprint density at radius 3 is 2.75 bits per heavy atom. The molecule has 0 radical (unpaired) electrons. The second kappa shape index (κ2) is 9.35. The summed E-state index contributed by atoms with van der Waals surface area (Å²) >= 11 is 1.28. The Hall–Kier alpha value is -3.46. The lowest BCUT2D eigenvalue weighted by atomic mass is 10.1. The maximum absolute atomic E-state index is 12.7. The highest BCUT2D eigenvalue weighted by Crippen LogP contribution is 2.36. The number of ether oxygens (including phenoxy) is 2. The van der Waals surface area contributed by atoms with Crippen LogP contribution in [0.1, 0.15) is 40.2 Å². The molecule has 1 saturated heterocycles. The monoisotopic (exact) mass is 452 g/mol. The van der Waals surface area contributed by atoms with Crippen LogP contribution in [0.5, 0.6) is 11.5 Å². The first-order valence-electron chi connectivity index (χ1n) is 10.3. The average molecular weight is 453 g/mol. The molecule has 8 nitrogen and oxygen atoms in total. The quantitative estimate of drug-likeness (QED) is 0.585. The molecule has 1 N–H and O–H groups in total. The Bertz CT molecular complexity index is 1150. The third kappa shape index (κ3) is 4.29. The van der Waals surface area contributed by atoms with Crippen LogP contribution in [0.2, 0.25) is 0 Å². The van der Waals surface area contributed by atoms with Crippen molar-refractivity contribution in [1.29, 1.82) is 0 Å². The van der Waals surface area contributed by atoms with Gasteiger partial charge in [0.1, 0.15) is 16.5 Å². The van der Waals surface area contributed by atoms with Crippen molar-refractivity contribution in [3.63, 3.8) is 0 Å². The average Bonchev–Trinajstić information content (AvgIpc) is 3.44. The van der Waals surface area contributed by atoms with E-state index in [4.69, 9.17) is 9.47 Å². The molecule has 2 heterocycles. The third-order valence-corrected chi connectivity index (χ3v) is 6.45. The Morgan fingerprint density at radius 1 is 1.19 bits per heavy atom. The largest absolute Gasteiger partial charge is 0.497 e. The van der Waals surface area contributed by atoms with Crippen LogP contribution in [0, 0.1) is 0 Å². The summed E-state index contributed by atoms with van der Waals surface area (Å²) in [6.45, 7) is 2.62. The Kier molecular flexibility index (Phi) is 6.36. The predicted octanol–water partition coefficient (Wildman–Crippen LogP) is 3.89. The molecule has 1 fully saturated rings. The molecule has 9 heteroatoms. The van der Waals surface area contributed by atoms with E-state index in [0.717, 1.165) is 22.7 Å². The fourth-order valence-electron chi connectivity index (χ4n) is 3.78. The van der Waals surface area contributed by atoms with Gasteiger partial charge in [-0.15, -0.1) is 10.2 Å². The molecular weight excluding hydrogens is 428 g/mol. The minimum Gasteiger partial charge on any atom is -0.497 e. The predicted molar refractivity (Wildman–Crippen MR) is 123 cm³/mol. The maximum Gasteiger partial charge on any atom is 0.261 e. The number of carbonyl (C=O) groups is 2. The summed E-state index contributed by atoms with van der Waals surface area (Å²) in [5.41, 5.74) is 2.45. The zero-order valence-electron chi connectivity index (χ0n) is 18.1. The lowest BCUT2D eigenvalue weighted by molar-refractivity contribution is -0.117. The fraction of sp³-hybridized carbons (Fsp3) is 0.304. The molecular formula is C23H24N4O4S. The highest BCUT2D eigenvalue weighted by molar-refractivity contribution is 7.15. The van der Waals surface area contributed by atoms with Gasteiger partial charge in [-0.05, 0) is 30.2 Å². The van der Waals surface area contributed by atoms with Gasteiger partial charge in [-0.3, -0.25) is 14.9 Å². The number of methoxy groups -OCH3 is 2. The molecule has 0 saturated carbocycles. The standard InChI is InChI=1S/C23H24N4O4S/c1-4-14-7-5-6-8-18(14)27-13-15(11-20(27)28)22-25-26-23(32-22)24-21(29)17-10-9-16(30-2)12-19(17)31-3/h5-10,12,15H,4,11,13H2,1-3H3,(H,24,26,29)/t15-/m1/s1. The van der Waals surface area contributed by atoms with Gasteiger partial charge in [0.15, 0.2) is 0 Å². The molecule has 4 rings (SSSR count). The van der Waals surface area contributed by atoms with E-state index in [1.165, 1.54) is 18.4 Å². The van der Waals surface area contributed by atoms with E-state index in [9.17, 15) is 9.59 Å². The van der Waals surface area contributed by atoms with Gasteiger partial charge in [0.25, 0.3) is 5.91 Å². The van der Waals surface area contributed by atoms with Crippen molar-refractivity contribution in [3.05, 3.63) is 58.6 Å². The first-order chi connectivity index (χ1) is 15.5. The van der Waals surface area contributed by atoms with Crippen molar-refractivity contribution in [2.45, 2.75) is 25.7 Å². The number of benzene rings is 2. The minimum atomic E-state index is -0.354. The van der Waals surface area contributed by atoms with Crippen LogP contribution in [0.4, 0.5) is 10.8 Å². The Labute approximate surface area is 190 Å². The smallest absolute Gasteiger partial charge is 0.261 e. The number of carbonyl (C=O) groups excluding carboxylic acids is 2. The first kappa shape index (κ1) is 21.8. The molecule has 1 atom stereocenters. The number of hydrogen-bond acceptors (Lipinski definition) is 7. The van der Waals surface area contributed by atoms with Gasteiger partial charge in [0.2, 0.25) is 11.0 Å². The van der Waals surface area contributed by atoms with Crippen LogP contribution in [0.15, 0.2) is 42.5 Å². The van der Waals surface area contributed by atoms with Crippen molar-refractivity contribution in [2.24, 2.45) is 0 Å². The van der Waals surface area contributed by atoms with E-state index >= 15 is 0 Å². The van der Waals surface area contributed by atoms with E-state index in [-0.39, 0.29) is 17.7 Å². The molecule has 2 amide bonds. The molecule has 3 aromatic rings. The van der Waals surface area contributed by atoms with Crippen LogP contribution >= 0.6 is 11.3 Å². The van der Waals surface area contributed by atoms with Crippen molar-refractivity contribution in [2.75, 3.05) is 31.0 Å². The lowest BCUT2D eigenvalue weighted by Crippen LogP contribution is -2.25. The van der Waals surface area contributed by atoms with Gasteiger partial charge in [-0.2, -0.15) is 0 Å². The summed E-state index contributed by atoms with van der Waals surface area (Å²) in [4.78, 5) is 27.3. The number of aryl methyl sites for hydroxylation is 1. The molecule has 0 aliphatic carbocycles. The van der Waals surface area contributed by atoms with Crippen LogP contribution in [-0.4, -0.2) is 42.8 Å². The van der Waals surface area contributed by atoms with Crippen molar-refractivity contribution in [1.82, 2.24) is 10.2 Å². The first-order valence-corrected chi connectivity index (χ1v) is 11.1. The third-order valence-electron chi connectivity index (χ3n) is 5.45. The molecule has 2 aromatic carbocycles. The molecule has 0 spiro atoms. The summed E-state index contributed by atoms with van der Waals surface area (Å²) < 4.78 is 10.5. The second-order valence-corrected chi connectivity index (χ2v) is 8.36. The number of aromatic nitrogens is 2. The number of anilines is 2. The zero-order valence-corrected chi connectivity index (χ0v) is 18.9. The summed E-state index contributed by atoms with van der Waals surface area (Å²) in [7, 11) is 3.04. The van der Waals surface area contributed by atoms with Gasteiger partial charge < -0.3 is 14.4 Å². The summed E-state index contributed by atoms with van der Waals surface area (Å²) in [6, 6.07) is 12.9. The number of hydrogen-bond donors (Lipinski definition) is 1. The molecule has 1 aliphatic heterocycles. The van der Waals surface area contributed by atoms with E-state index in [1.54, 1.807) is 25.3 Å². The van der Waals surface area contributed by atoms with Crippen molar-refractivity contribution in [3.8, 4) is 11.5 Å². The summed E-state index contributed by atoms with van der Waals surface area (Å²) in [6.07, 6.45) is 1.22. The highest BCUT2D eigenvalue weighted by Gasteiger charge is 2.34. The zero-order chi connectivity index (χ0) is 22.7. The number of nitrogens with zero attached hydrogens (tertiary/aromatic N) is 3. The number of amides is 2. The molecule has 1 aliphatic rings. The van der Waals surface area contributed by atoms with E-state index in [1.807, 2.05) is 29.2 Å². The number of nitrogens with one attached hydrogen (secondary N) is 1.